The number of pyridine rings is 1. The van der Waals surface area contributed by atoms with Gasteiger partial charge in [-0.05, 0) is 47.2 Å². The molecule has 6 nitrogen and oxygen atoms in total. The fourth-order valence-electron chi connectivity index (χ4n) is 3.37. The summed E-state index contributed by atoms with van der Waals surface area (Å²) in [6.07, 6.45) is 1.59. The smallest absolute Gasteiger partial charge is 0.307 e. The largest absolute Gasteiger partial charge is 0.335 e. The van der Waals surface area contributed by atoms with Gasteiger partial charge in [0.15, 0.2) is 0 Å². The summed E-state index contributed by atoms with van der Waals surface area (Å²) in [5.41, 5.74) is 3.06. The normalized spacial score (nSPS) is 10.8. The fraction of sp³-hybridized carbons (Fsp3) is 0.240. The minimum Gasteiger partial charge on any atom is -0.307 e. The number of rotatable bonds is 5. The van der Waals surface area contributed by atoms with Gasteiger partial charge in [-0.1, -0.05) is 70.2 Å². The lowest BCUT2D eigenvalue weighted by atomic mass is 9.92. The number of nitrogens with one attached hydrogen (secondary N) is 2. The third-order valence-corrected chi connectivity index (χ3v) is 4.90. The zero-order chi connectivity index (χ0) is 22.4. The summed E-state index contributed by atoms with van der Waals surface area (Å²) in [5.74, 6) is 0.602. The van der Waals surface area contributed by atoms with E-state index in [0.717, 1.165) is 11.1 Å². The molecule has 0 aliphatic carbocycles. The highest BCUT2D eigenvalue weighted by molar-refractivity contribution is 6.22. The van der Waals surface area contributed by atoms with Crippen LogP contribution < -0.4 is 15.5 Å². The molecule has 3 aromatic rings. The van der Waals surface area contributed by atoms with Crippen LogP contribution in [0, 0.1) is 0 Å². The van der Waals surface area contributed by atoms with Crippen molar-refractivity contribution in [2.75, 3.05) is 15.5 Å². The van der Waals surface area contributed by atoms with Crippen LogP contribution in [-0.2, 0) is 0 Å². The fourth-order valence-corrected chi connectivity index (χ4v) is 3.37. The number of amides is 4. The van der Waals surface area contributed by atoms with E-state index in [9.17, 15) is 9.59 Å². The van der Waals surface area contributed by atoms with Gasteiger partial charge in [-0.3, -0.25) is 5.32 Å². The summed E-state index contributed by atoms with van der Waals surface area (Å²) in [5, 5.41) is 5.60. The third-order valence-electron chi connectivity index (χ3n) is 4.90. The first-order valence-electron chi connectivity index (χ1n) is 10.4. The van der Waals surface area contributed by atoms with Gasteiger partial charge in [-0.2, -0.15) is 0 Å². The molecular weight excluding hydrogens is 388 g/mol. The molecular formula is C25H28N4O2. The molecule has 160 valence electrons. The summed E-state index contributed by atoms with van der Waals surface area (Å²) >= 11 is 0. The molecule has 0 spiro atoms. The summed E-state index contributed by atoms with van der Waals surface area (Å²) in [4.78, 5) is 32.2. The summed E-state index contributed by atoms with van der Waals surface area (Å²) in [7, 11) is 0. The minimum atomic E-state index is -0.567. The highest BCUT2D eigenvalue weighted by atomic mass is 16.2. The van der Waals surface area contributed by atoms with Gasteiger partial charge >= 0.3 is 12.1 Å². The van der Waals surface area contributed by atoms with Crippen molar-refractivity contribution in [3.63, 3.8) is 0 Å². The van der Waals surface area contributed by atoms with Crippen molar-refractivity contribution in [1.29, 1.82) is 0 Å². The van der Waals surface area contributed by atoms with Gasteiger partial charge in [-0.15, -0.1) is 0 Å². The maximum Gasteiger partial charge on any atom is 0.335 e. The maximum atomic E-state index is 13.4. The van der Waals surface area contributed by atoms with Crippen molar-refractivity contribution in [1.82, 2.24) is 4.98 Å². The van der Waals surface area contributed by atoms with Crippen LogP contribution >= 0.6 is 0 Å². The van der Waals surface area contributed by atoms with Gasteiger partial charge < -0.3 is 5.32 Å². The number of aromatic nitrogens is 1. The average molecular weight is 417 g/mol. The van der Waals surface area contributed by atoms with E-state index in [0.29, 0.717) is 17.2 Å². The zero-order valence-electron chi connectivity index (χ0n) is 18.3. The Morgan fingerprint density at radius 1 is 0.742 bits per heavy atom. The van der Waals surface area contributed by atoms with Crippen LogP contribution in [0.2, 0.25) is 0 Å². The summed E-state index contributed by atoms with van der Waals surface area (Å²) in [6.45, 7) is 8.19. The van der Waals surface area contributed by atoms with E-state index in [2.05, 4.69) is 15.6 Å². The van der Waals surface area contributed by atoms with E-state index in [-0.39, 0.29) is 11.8 Å². The molecule has 0 saturated carbocycles. The van der Waals surface area contributed by atoms with Crippen LogP contribution in [0.4, 0.5) is 26.8 Å². The molecule has 0 saturated heterocycles. The van der Waals surface area contributed by atoms with Gasteiger partial charge in [0.2, 0.25) is 0 Å². The second kappa shape index (κ2) is 9.89. The summed E-state index contributed by atoms with van der Waals surface area (Å²) in [6, 6.07) is 19.1. The number of hydrogen-bond donors (Lipinski definition) is 2. The molecule has 0 bridgehead atoms. The highest BCUT2D eigenvalue weighted by Gasteiger charge is 2.30. The molecule has 2 N–H and O–H groups in total. The van der Waals surface area contributed by atoms with E-state index >= 15 is 0 Å². The molecule has 6 heteroatoms. The first-order valence-corrected chi connectivity index (χ1v) is 10.4. The van der Waals surface area contributed by atoms with Crippen LogP contribution in [0.5, 0.6) is 0 Å². The monoisotopic (exact) mass is 416 g/mol. The van der Waals surface area contributed by atoms with E-state index < -0.39 is 12.1 Å². The van der Waals surface area contributed by atoms with Gasteiger partial charge in [0, 0.05) is 11.9 Å². The SMILES string of the molecule is CC(C)c1cccc(C(C)C)c1N(C(=O)Nc1ccccc1)C(=O)Nc1ccccn1. The number of carbonyl (C=O) groups is 2. The quantitative estimate of drug-likeness (QED) is 0.492. The highest BCUT2D eigenvalue weighted by Crippen LogP contribution is 2.36. The zero-order valence-corrected chi connectivity index (χ0v) is 18.3. The Kier molecular flexibility index (Phi) is 7.03. The topological polar surface area (TPSA) is 74.3 Å². The molecule has 0 radical (unpaired) electrons. The molecule has 1 aromatic heterocycles. The lowest BCUT2D eigenvalue weighted by molar-refractivity contribution is 0.246. The first-order chi connectivity index (χ1) is 14.9. The Labute approximate surface area is 183 Å². The van der Waals surface area contributed by atoms with Crippen molar-refractivity contribution in [2.45, 2.75) is 39.5 Å². The number of imide groups is 1. The van der Waals surface area contributed by atoms with Crippen molar-refractivity contribution in [3.8, 4) is 0 Å². The molecule has 0 fully saturated rings. The lowest BCUT2D eigenvalue weighted by Crippen LogP contribution is -2.44. The standard InChI is InChI=1S/C25H28N4O2/c1-17(2)20-13-10-14-21(18(3)4)23(20)29(24(30)27-19-11-6-5-7-12-19)25(31)28-22-15-8-9-16-26-22/h5-18H,1-4H3,(H,27,30)(H,26,28,31). The second-order valence-corrected chi connectivity index (χ2v) is 7.87. The van der Waals surface area contributed by atoms with E-state index in [1.54, 1.807) is 36.5 Å². The Hall–Kier alpha value is -3.67. The predicted octanol–water partition coefficient (Wildman–Crippen LogP) is 6.60. The van der Waals surface area contributed by atoms with Gasteiger partial charge in [0.05, 0.1) is 5.69 Å². The Morgan fingerprint density at radius 2 is 1.32 bits per heavy atom. The second-order valence-electron chi connectivity index (χ2n) is 7.87. The van der Waals surface area contributed by atoms with Crippen LogP contribution in [0.3, 0.4) is 0 Å². The molecule has 31 heavy (non-hydrogen) atoms. The van der Waals surface area contributed by atoms with Crippen molar-refractivity contribution < 1.29 is 9.59 Å². The van der Waals surface area contributed by atoms with E-state index in [1.165, 1.54) is 4.90 Å². The van der Waals surface area contributed by atoms with Crippen molar-refractivity contribution in [3.05, 3.63) is 84.1 Å². The Morgan fingerprint density at radius 3 is 1.87 bits per heavy atom. The van der Waals surface area contributed by atoms with Crippen LogP contribution in [0.25, 0.3) is 0 Å². The third kappa shape index (κ3) is 5.28. The molecule has 0 unspecified atom stereocenters. The Balaban J connectivity index is 2.09. The van der Waals surface area contributed by atoms with Gasteiger partial charge in [0.1, 0.15) is 5.82 Å². The number of hydrogen-bond acceptors (Lipinski definition) is 3. The van der Waals surface area contributed by atoms with Crippen LogP contribution in [0.15, 0.2) is 72.9 Å². The number of urea groups is 2. The number of anilines is 3. The number of para-hydroxylation sites is 2. The molecule has 0 aliphatic heterocycles. The minimum absolute atomic E-state index is 0.114. The van der Waals surface area contributed by atoms with Gasteiger partial charge in [-0.25, -0.2) is 19.5 Å². The number of carbonyl (C=O) groups excluding carboxylic acids is 2. The summed E-state index contributed by atoms with van der Waals surface area (Å²) < 4.78 is 0. The molecule has 2 aromatic carbocycles. The number of benzene rings is 2. The van der Waals surface area contributed by atoms with Crippen molar-refractivity contribution in [2.24, 2.45) is 0 Å². The predicted molar refractivity (Wildman–Crippen MR) is 126 cm³/mol. The van der Waals surface area contributed by atoms with Crippen LogP contribution in [0.1, 0.15) is 50.7 Å². The molecule has 0 aliphatic rings. The van der Waals surface area contributed by atoms with Gasteiger partial charge in [0.25, 0.3) is 0 Å². The number of nitrogens with zero attached hydrogens (tertiary/aromatic N) is 2. The van der Waals surface area contributed by atoms with E-state index in [4.69, 9.17) is 0 Å². The molecule has 3 rings (SSSR count). The Bertz CT molecular complexity index is 954. The first kappa shape index (κ1) is 22.0. The lowest BCUT2D eigenvalue weighted by Gasteiger charge is -2.28. The molecule has 1 heterocycles. The maximum absolute atomic E-state index is 13.4. The van der Waals surface area contributed by atoms with Crippen LogP contribution in [-0.4, -0.2) is 17.0 Å². The molecule has 4 amide bonds. The average Bonchev–Trinajstić information content (AvgIpc) is 2.75. The van der Waals surface area contributed by atoms with E-state index in [1.807, 2.05) is 64.1 Å². The molecule has 0 atom stereocenters. The van der Waals surface area contributed by atoms with Crippen molar-refractivity contribution >= 4 is 29.3 Å².